The van der Waals surface area contributed by atoms with E-state index in [2.05, 4.69) is 20.6 Å². The number of nitrogens with zero attached hydrogens (tertiary/aromatic N) is 4. The third-order valence-corrected chi connectivity index (χ3v) is 3.66. The van der Waals surface area contributed by atoms with Gasteiger partial charge in [0.1, 0.15) is 23.4 Å². The number of nitrogens with one attached hydrogen (secondary N) is 1. The molecule has 0 atom stereocenters. The highest BCUT2D eigenvalue weighted by molar-refractivity contribution is 5.80. The van der Waals surface area contributed by atoms with E-state index in [4.69, 9.17) is 4.74 Å². The van der Waals surface area contributed by atoms with Crippen molar-refractivity contribution in [2.24, 2.45) is 0 Å². The second-order valence-corrected chi connectivity index (χ2v) is 5.27. The smallest absolute Gasteiger partial charge is 0.126 e. The lowest BCUT2D eigenvalue weighted by Crippen LogP contribution is -2.30. The first-order chi connectivity index (χ1) is 10.8. The Morgan fingerprint density at radius 3 is 2.95 bits per heavy atom. The molecule has 1 fully saturated rings. The molecular formula is C15H14FN5O. The largest absolute Gasteiger partial charge is 0.377 e. The number of ether oxygens (including phenoxy) is 1. The molecule has 0 unspecified atom stereocenters. The van der Waals surface area contributed by atoms with Crippen LogP contribution in [0.4, 0.5) is 10.2 Å². The van der Waals surface area contributed by atoms with Crippen molar-refractivity contribution in [3.8, 4) is 0 Å². The standard InChI is InChI=1S/C15H14FN5O/c16-11-3-1-10-2-4-15(18-14(10)5-11)17-6-12-7-21(20-19-12)13-8-22-9-13/h1-5,7,13H,6,8-9H2,(H,17,18). The third-order valence-electron chi connectivity index (χ3n) is 3.66. The molecule has 0 aliphatic carbocycles. The van der Waals surface area contributed by atoms with E-state index in [0.29, 0.717) is 37.1 Å². The lowest BCUT2D eigenvalue weighted by Gasteiger charge is -2.25. The molecule has 7 heteroatoms. The van der Waals surface area contributed by atoms with Crippen LogP contribution in [-0.2, 0) is 11.3 Å². The zero-order valence-corrected chi connectivity index (χ0v) is 11.7. The van der Waals surface area contributed by atoms with Gasteiger partial charge in [-0.15, -0.1) is 5.10 Å². The van der Waals surface area contributed by atoms with Crippen LogP contribution < -0.4 is 5.32 Å². The molecule has 6 nitrogen and oxygen atoms in total. The number of aromatic nitrogens is 4. The Kier molecular flexibility index (Phi) is 3.19. The number of rotatable bonds is 4. The summed E-state index contributed by atoms with van der Waals surface area (Å²) >= 11 is 0. The summed E-state index contributed by atoms with van der Waals surface area (Å²) in [4.78, 5) is 4.39. The average Bonchev–Trinajstić information content (AvgIpc) is 2.91. The minimum absolute atomic E-state index is 0.289. The SMILES string of the molecule is Fc1ccc2ccc(NCc3cn(C4COC4)nn3)nc2c1. The van der Waals surface area contributed by atoms with Gasteiger partial charge in [0.15, 0.2) is 0 Å². The summed E-state index contributed by atoms with van der Waals surface area (Å²) in [6, 6.07) is 8.64. The highest BCUT2D eigenvalue weighted by atomic mass is 19.1. The van der Waals surface area contributed by atoms with Gasteiger partial charge in [-0.05, 0) is 24.3 Å². The van der Waals surface area contributed by atoms with Crippen LogP contribution >= 0.6 is 0 Å². The number of halogens is 1. The minimum Gasteiger partial charge on any atom is -0.377 e. The fourth-order valence-corrected chi connectivity index (χ4v) is 2.32. The second-order valence-electron chi connectivity index (χ2n) is 5.27. The van der Waals surface area contributed by atoms with Crippen molar-refractivity contribution >= 4 is 16.7 Å². The fourth-order valence-electron chi connectivity index (χ4n) is 2.32. The number of hydrogen-bond donors (Lipinski definition) is 1. The van der Waals surface area contributed by atoms with E-state index in [0.717, 1.165) is 11.1 Å². The van der Waals surface area contributed by atoms with Gasteiger partial charge in [-0.25, -0.2) is 14.1 Å². The van der Waals surface area contributed by atoms with Gasteiger partial charge in [0.2, 0.25) is 0 Å². The molecule has 1 saturated heterocycles. The van der Waals surface area contributed by atoms with Crippen LogP contribution in [0.25, 0.3) is 10.9 Å². The predicted octanol–water partition coefficient (Wildman–Crippen LogP) is 2.15. The van der Waals surface area contributed by atoms with Crippen LogP contribution in [0, 0.1) is 5.82 Å². The molecule has 112 valence electrons. The van der Waals surface area contributed by atoms with E-state index in [-0.39, 0.29) is 5.82 Å². The maximum Gasteiger partial charge on any atom is 0.126 e. The van der Waals surface area contributed by atoms with Gasteiger partial charge in [0.25, 0.3) is 0 Å². The van der Waals surface area contributed by atoms with Crippen molar-refractivity contribution in [2.75, 3.05) is 18.5 Å². The quantitative estimate of drug-likeness (QED) is 0.799. The molecule has 1 aliphatic heterocycles. The molecule has 3 aromatic rings. The van der Waals surface area contributed by atoms with E-state index >= 15 is 0 Å². The Morgan fingerprint density at radius 1 is 1.27 bits per heavy atom. The summed E-state index contributed by atoms with van der Waals surface area (Å²) in [5, 5.41) is 12.3. The fraction of sp³-hybridized carbons (Fsp3) is 0.267. The number of pyridine rings is 1. The number of hydrogen-bond acceptors (Lipinski definition) is 5. The Balaban J connectivity index is 1.47. The van der Waals surface area contributed by atoms with Crippen molar-refractivity contribution in [3.05, 3.63) is 48.0 Å². The van der Waals surface area contributed by atoms with Gasteiger partial charge in [-0.3, -0.25) is 0 Å². The lowest BCUT2D eigenvalue weighted by molar-refractivity contribution is -0.0293. The molecular weight excluding hydrogens is 285 g/mol. The van der Waals surface area contributed by atoms with Crippen molar-refractivity contribution in [2.45, 2.75) is 12.6 Å². The summed E-state index contributed by atoms with van der Waals surface area (Å²) < 4.78 is 20.2. The van der Waals surface area contributed by atoms with Crippen LogP contribution in [0.1, 0.15) is 11.7 Å². The summed E-state index contributed by atoms with van der Waals surface area (Å²) in [7, 11) is 0. The van der Waals surface area contributed by atoms with E-state index < -0.39 is 0 Å². The van der Waals surface area contributed by atoms with Crippen LogP contribution in [0.3, 0.4) is 0 Å². The topological polar surface area (TPSA) is 64.9 Å². The van der Waals surface area contributed by atoms with Gasteiger partial charge in [-0.2, -0.15) is 0 Å². The molecule has 1 aromatic carbocycles. The second kappa shape index (κ2) is 5.34. The Bertz CT molecular complexity index is 815. The predicted molar refractivity (Wildman–Crippen MR) is 78.9 cm³/mol. The first-order valence-corrected chi connectivity index (χ1v) is 7.06. The van der Waals surface area contributed by atoms with Crippen molar-refractivity contribution < 1.29 is 9.13 Å². The Labute approximate surface area is 125 Å². The van der Waals surface area contributed by atoms with E-state index in [9.17, 15) is 4.39 Å². The summed E-state index contributed by atoms with van der Waals surface area (Å²) in [5.41, 5.74) is 1.45. The molecule has 0 radical (unpaired) electrons. The van der Waals surface area contributed by atoms with E-state index in [1.165, 1.54) is 12.1 Å². The van der Waals surface area contributed by atoms with Gasteiger partial charge < -0.3 is 10.1 Å². The number of fused-ring (bicyclic) bond motifs is 1. The maximum atomic E-state index is 13.2. The van der Waals surface area contributed by atoms with E-state index in [1.807, 2.05) is 23.0 Å². The highest BCUT2D eigenvalue weighted by Crippen LogP contribution is 2.18. The molecule has 1 aliphatic rings. The molecule has 3 heterocycles. The highest BCUT2D eigenvalue weighted by Gasteiger charge is 2.21. The first-order valence-electron chi connectivity index (χ1n) is 7.06. The molecule has 2 aromatic heterocycles. The summed E-state index contributed by atoms with van der Waals surface area (Å²) in [5.74, 6) is 0.391. The zero-order valence-electron chi connectivity index (χ0n) is 11.7. The molecule has 4 rings (SSSR count). The Morgan fingerprint density at radius 2 is 2.14 bits per heavy atom. The first kappa shape index (κ1) is 13.1. The maximum absolute atomic E-state index is 13.2. The van der Waals surface area contributed by atoms with Crippen molar-refractivity contribution in [1.29, 1.82) is 0 Å². The Hall–Kier alpha value is -2.54. The minimum atomic E-state index is -0.289. The van der Waals surface area contributed by atoms with E-state index in [1.54, 1.807) is 6.07 Å². The summed E-state index contributed by atoms with van der Waals surface area (Å²) in [6.07, 6.45) is 1.90. The van der Waals surface area contributed by atoms with Crippen molar-refractivity contribution in [1.82, 2.24) is 20.0 Å². The van der Waals surface area contributed by atoms with Gasteiger partial charge in [0, 0.05) is 11.5 Å². The molecule has 22 heavy (non-hydrogen) atoms. The average molecular weight is 299 g/mol. The van der Waals surface area contributed by atoms with Gasteiger partial charge in [-0.1, -0.05) is 5.21 Å². The molecule has 0 amide bonds. The summed E-state index contributed by atoms with van der Waals surface area (Å²) in [6.45, 7) is 1.89. The van der Waals surface area contributed by atoms with Gasteiger partial charge >= 0.3 is 0 Å². The zero-order chi connectivity index (χ0) is 14.9. The van der Waals surface area contributed by atoms with Crippen LogP contribution in [-0.4, -0.2) is 33.2 Å². The third kappa shape index (κ3) is 2.50. The molecule has 0 bridgehead atoms. The molecule has 1 N–H and O–H groups in total. The lowest BCUT2D eigenvalue weighted by atomic mass is 10.2. The van der Waals surface area contributed by atoms with Crippen LogP contribution in [0.2, 0.25) is 0 Å². The monoisotopic (exact) mass is 299 g/mol. The van der Waals surface area contributed by atoms with Crippen molar-refractivity contribution in [3.63, 3.8) is 0 Å². The molecule has 0 spiro atoms. The number of anilines is 1. The van der Waals surface area contributed by atoms with Gasteiger partial charge in [0.05, 0.1) is 31.5 Å². The normalized spacial score (nSPS) is 15.0. The van der Waals surface area contributed by atoms with Crippen LogP contribution in [0.15, 0.2) is 36.5 Å². The number of benzene rings is 1. The van der Waals surface area contributed by atoms with Crippen LogP contribution in [0.5, 0.6) is 0 Å². The molecule has 0 saturated carbocycles.